The summed E-state index contributed by atoms with van der Waals surface area (Å²) in [5, 5.41) is -0.162. The highest BCUT2D eigenvalue weighted by Gasteiger charge is 2.67. The number of hydrogen-bond donors (Lipinski definition) is 5. The molecule has 17 nitrogen and oxygen atoms in total. The standard InChI is InChI=1S/C17H21F2N6O11P3/c1-10-8-25(16(27)21-15(10)26)14-7-12(22-24-20)13(35-14)9-34-39(33,23-11-5-3-2-4-6-11)36-38(31,32)17(18,19)37(28,29)30/h2-6,8,12-14H,7,9H2,1H3,(H,23,33)(H,31,32)(H,21,26,27)(H2,28,29,30)/t12-,13+,14+,39?/m0/s1. The van der Waals surface area contributed by atoms with Crippen LogP contribution in [0.1, 0.15) is 18.2 Å². The van der Waals surface area contributed by atoms with Crippen LogP contribution in [0, 0.1) is 6.92 Å². The number of aromatic nitrogens is 2. The van der Waals surface area contributed by atoms with Crippen LogP contribution in [0.3, 0.4) is 0 Å². The van der Waals surface area contributed by atoms with E-state index in [0.717, 1.165) is 4.57 Å². The molecule has 0 bridgehead atoms. The fourth-order valence-corrected chi connectivity index (χ4v) is 7.73. The van der Waals surface area contributed by atoms with E-state index in [1.165, 1.54) is 43.5 Å². The Labute approximate surface area is 216 Å². The molecule has 2 unspecified atom stereocenters. The van der Waals surface area contributed by atoms with Crippen LogP contribution < -0.4 is 16.3 Å². The lowest BCUT2D eigenvalue weighted by atomic mass is 10.1. The number of H-pyrrole nitrogens is 1. The summed E-state index contributed by atoms with van der Waals surface area (Å²) in [6, 6.07) is 5.64. The highest BCUT2D eigenvalue weighted by molar-refractivity contribution is 7.76. The molecule has 1 aliphatic rings. The van der Waals surface area contributed by atoms with Gasteiger partial charge in [-0.05, 0) is 24.6 Å². The molecule has 0 aliphatic carbocycles. The molecule has 0 saturated carbocycles. The van der Waals surface area contributed by atoms with Crippen molar-refractivity contribution in [3.8, 4) is 0 Å². The molecule has 1 aromatic heterocycles. The van der Waals surface area contributed by atoms with E-state index in [9.17, 15) is 37.0 Å². The molecule has 2 aromatic rings. The first kappa shape index (κ1) is 30.9. The maximum atomic E-state index is 14.1. The first-order chi connectivity index (χ1) is 18.0. The van der Waals surface area contributed by atoms with Crippen molar-refractivity contribution in [2.45, 2.75) is 37.1 Å². The van der Waals surface area contributed by atoms with Gasteiger partial charge >= 0.3 is 34.0 Å². The smallest absolute Gasteiger partial charge is 0.352 e. The molecule has 0 amide bonds. The number of nitrogens with zero attached hydrogens (tertiary/aromatic N) is 4. The Morgan fingerprint density at radius 1 is 1.26 bits per heavy atom. The number of anilines is 1. The van der Waals surface area contributed by atoms with Gasteiger partial charge in [-0.15, -0.1) is 0 Å². The van der Waals surface area contributed by atoms with Gasteiger partial charge in [0, 0.05) is 28.8 Å². The first-order valence-electron chi connectivity index (χ1n) is 10.6. The number of para-hydroxylation sites is 1. The van der Waals surface area contributed by atoms with Crippen LogP contribution in [-0.2, 0) is 27.3 Å². The summed E-state index contributed by atoms with van der Waals surface area (Å²) in [6.45, 7) is 0.481. The van der Waals surface area contributed by atoms with Gasteiger partial charge in [-0.1, -0.05) is 23.3 Å². The fourth-order valence-electron chi connectivity index (χ4n) is 3.30. The molecule has 1 saturated heterocycles. The molecule has 39 heavy (non-hydrogen) atoms. The molecule has 22 heteroatoms. The molecule has 1 aromatic carbocycles. The lowest BCUT2D eigenvalue weighted by Gasteiger charge is -2.27. The number of nitrogens with one attached hydrogen (secondary N) is 2. The molecule has 1 fully saturated rings. The third-order valence-electron chi connectivity index (χ3n) is 5.22. The Balaban J connectivity index is 1.91. The number of azide groups is 1. The predicted molar refractivity (Wildman–Crippen MR) is 129 cm³/mol. The minimum Gasteiger partial charge on any atom is -0.352 e. The van der Waals surface area contributed by atoms with Crippen molar-refractivity contribution in [2.75, 3.05) is 11.7 Å². The molecule has 2 heterocycles. The zero-order chi connectivity index (χ0) is 29.2. The Kier molecular flexibility index (Phi) is 9.05. The number of ether oxygens (including phenoxy) is 1. The second-order valence-corrected chi connectivity index (χ2v) is 13.8. The number of aryl methyl sites for hydroxylation is 1. The Morgan fingerprint density at radius 3 is 2.49 bits per heavy atom. The Bertz CT molecular complexity index is 1520. The number of rotatable bonds is 11. The topological polar surface area (TPSA) is 255 Å². The first-order valence-corrected chi connectivity index (χ1v) is 15.3. The van der Waals surface area contributed by atoms with Crippen LogP contribution in [0.2, 0.25) is 0 Å². The van der Waals surface area contributed by atoms with Crippen molar-refractivity contribution >= 4 is 28.6 Å². The summed E-state index contributed by atoms with van der Waals surface area (Å²) in [5.41, 5.74) is 7.37. The number of halogens is 2. The molecule has 0 radical (unpaired) electrons. The lowest BCUT2D eigenvalue weighted by Crippen LogP contribution is -2.33. The summed E-state index contributed by atoms with van der Waals surface area (Å²) < 4.78 is 80.7. The van der Waals surface area contributed by atoms with Crippen molar-refractivity contribution in [1.29, 1.82) is 0 Å². The van der Waals surface area contributed by atoms with Gasteiger partial charge in [0.25, 0.3) is 5.56 Å². The SMILES string of the molecule is Cc1cn([C@H]2C[C@H](N=[N+]=[N-])[C@@H](COP(=O)(Nc3ccccc3)OP(=O)(O)C(F)(F)P(=O)(O)O)O2)c(=O)[nH]c1=O. The molecule has 0 spiro atoms. The van der Waals surface area contributed by atoms with E-state index in [-0.39, 0.29) is 17.7 Å². The second-order valence-electron chi connectivity index (χ2n) is 8.04. The van der Waals surface area contributed by atoms with Crippen LogP contribution in [0.4, 0.5) is 14.5 Å². The van der Waals surface area contributed by atoms with E-state index < -0.39 is 64.6 Å². The highest BCUT2D eigenvalue weighted by Crippen LogP contribution is 2.78. The van der Waals surface area contributed by atoms with E-state index >= 15 is 0 Å². The molecule has 1 aliphatic heterocycles. The van der Waals surface area contributed by atoms with Crippen LogP contribution in [0.15, 0.2) is 51.2 Å². The second kappa shape index (κ2) is 11.4. The average Bonchev–Trinajstić information content (AvgIpc) is 3.22. The van der Waals surface area contributed by atoms with Crippen molar-refractivity contribution < 1.29 is 50.7 Å². The summed E-state index contributed by atoms with van der Waals surface area (Å²) >= 11 is 0. The third kappa shape index (κ3) is 6.91. The largest absolute Gasteiger partial charge is 0.444 e. The van der Waals surface area contributed by atoms with Gasteiger partial charge in [-0.2, -0.15) is 8.78 Å². The zero-order valence-electron chi connectivity index (χ0n) is 19.6. The van der Waals surface area contributed by atoms with Gasteiger partial charge in [-0.25, -0.2) is 13.7 Å². The van der Waals surface area contributed by atoms with Crippen molar-refractivity contribution in [2.24, 2.45) is 5.11 Å². The quantitative estimate of drug-likeness (QED) is 0.106. The maximum Gasteiger partial charge on any atom is 0.444 e. The van der Waals surface area contributed by atoms with Crippen LogP contribution >= 0.6 is 22.9 Å². The monoisotopic (exact) mass is 616 g/mol. The third-order valence-corrected chi connectivity index (χ3v) is 10.9. The van der Waals surface area contributed by atoms with Gasteiger partial charge < -0.3 is 19.4 Å². The minimum absolute atomic E-state index is 0.132. The van der Waals surface area contributed by atoms with E-state index in [2.05, 4.69) is 19.3 Å². The average molecular weight is 616 g/mol. The van der Waals surface area contributed by atoms with Gasteiger partial charge in [0.15, 0.2) is 0 Å². The van der Waals surface area contributed by atoms with Crippen LogP contribution in [0.5, 0.6) is 0 Å². The van der Waals surface area contributed by atoms with Gasteiger partial charge in [0.2, 0.25) is 0 Å². The van der Waals surface area contributed by atoms with E-state index in [0.29, 0.717) is 0 Å². The summed E-state index contributed by atoms with van der Waals surface area (Å²) in [4.78, 5) is 56.0. The normalized spacial score (nSPS) is 22.9. The van der Waals surface area contributed by atoms with Crippen molar-refractivity contribution in [1.82, 2.24) is 9.55 Å². The van der Waals surface area contributed by atoms with Gasteiger partial charge in [0.05, 0.1) is 18.8 Å². The summed E-state index contributed by atoms with van der Waals surface area (Å²) in [6.07, 6.45) is -1.50. The molecule has 5 atom stereocenters. The molecular formula is C17H21F2N6O11P3. The summed E-state index contributed by atoms with van der Waals surface area (Å²) in [5.74, 6) is 0. The summed E-state index contributed by atoms with van der Waals surface area (Å²) in [7, 11) is -18.6. The predicted octanol–water partition coefficient (Wildman–Crippen LogP) is 2.98. The molecule has 5 N–H and O–H groups in total. The number of hydrogen-bond acceptors (Lipinski definition) is 9. The Hall–Kier alpha value is -2.68. The lowest BCUT2D eigenvalue weighted by molar-refractivity contribution is -0.0237. The van der Waals surface area contributed by atoms with Crippen LogP contribution in [0.25, 0.3) is 10.4 Å². The highest BCUT2D eigenvalue weighted by atomic mass is 31.3. The number of alkyl halides is 2. The molecule has 3 rings (SSSR count). The molecule has 214 valence electrons. The Morgan fingerprint density at radius 2 is 1.90 bits per heavy atom. The van der Waals surface area contributed by atoms with Crippen molar-refractivity contribution in [3.05, 3.63) is 73.4 Å². The van der Waals surface area contributed by atoms with Crippen LogP contribution in [-0.4, -0.2) is 48.4 Å². The van der Waals surface area contributed by atoms with E-state index in [1.807, 2.05) is 5.09 Å². The van der Waals surface area contributed by atoms with Gasteiger partial charge in [-0.3, -0.25) is 33.1 Å². The van der Waals surface area contributed by atoms with E-state index in [1.54, 1.807) is 0 Å². The van der Waals surface area contributed by atoms with E-state index in [4.69, 9.17) is 24.6 Å². The maximum absolute atomic E-state index is 14.1. The number of benzene rings is 1. The minimum atomic E-state index is -6.69. The number of aromatic amines is 1. The van der Waals surface area contributed by atoms with Crippen molar-refractivity contribution in [3.63, 3.8) is 0 Å². The van der Waals surface area contributed by atoms with Gasteiger partial charge in [0.1, 0.15) is 6.23 Å². The molecular weight excluding hydrogens is 595 g/mol. The zero-order valence-corrected chi connectivity index (χ0v) is 22.3. The fraction of sp³-hybridized carbons (Fsp3) is 0.412.